The minimum absolute atomic E-state index is 0.192. The number of Topliss-reactive ketones (excluding diaryl/α,β-unsaturated/α-hetero) is 1. The minimum Gasteiger partial charge on any atom is -0.419 e. The SMILES string of the molecule is C[SiH2]OC(C)(C)CC(C)(C)C(=O)C(C)=C(C)C. The quantitative estimate of drug-likeness (QED) is 0.538. The van der Waals surface area contributed by atoms with Crippen LogP contribution in [-0.2, 0) is 9.22 Å². The Bertz CT molecular complexity index is 310. The summed E-state index contributed by atoms with van der Waals surface area (Å²) in [6, 6.07) is 0. The van der Waals surface area contributed by atoms with Gasteiger partial charge in [-0.1, -0.05) is 26.0 Å². The maximum Gasteiger partial charge on any atom is 0.164 e. The first kappa shape index (κ1) is 16.6. The fourth-order valence-corrected chi connectivity index (χ4v) is 3.20. The Kier molecular flexibility index (Phi) is 5.82. The van der Waals surface area contributed by atoms with E-state index in [-0.39, 0.29) is 16.8 Å². The van der Waals surface area contributed by atoms with E-state index < -0.39 is 9.76 Å². The maximum absolute atomic E-state index is 12.4. The molecule has 0 radical (unpaired) electrons. The lowest BCUT2D eigenvalue weighted by Crippen LogP contribution is -2.37. The van der Waals surface area contributed by atoms with Crippen molar-refractivity contribution in [2.24, 2.45) is 5.41 Å². The third-order valence-electron chi connectivity index (χ3n) is 3.11. The molecule has 0 saturated heterocycles. The van der Waals surface area contributed by atoms with Crippen molar-refractivity contribution in [3.8, 4) is 0 Å². The van der Waals surface area contributed by atoms with Gasteiger partial charge >= 0.3 is 0 Å². The van der Waals surface area contributed by atoms with Gasteiger partial charge in [0.1, 0.15) is 0 Å². The summed E-state index contributed by atoms with van der Waals surface area (Å²) in [5.74, 6) is 0.243. The van der Waals surface area contributed by atoms with Crippen LogP contribution >= 0.6 is 0 Å². The molecule has 0 aliphatic heterocycles. The van der Waals surface area contributed by atoms with Crippen LogP contribution in [0.15, 0.2) is 11.1 Å². The van der Waals surface area contributed by atoms with Gasteiger partial charge in [0.05, 0.1) is 5.60 Å². The third kappa shape index (κ3) is 5.17. The standard InChI is InChI=1S/C14H28O2Si/c1-10(2)11(3)12(15)13(4,5)9-14(6,7)16-17-8/h9,17H2,1-8H3. The highest BCUT2D eigenvalue weighted by Crippen LogP contribution is 2.33. The number of hydrogen-bond donors (Lipinski definition) is 0. The van der Waals surface area contributed by atoms with E-state index in [0.29, 0.717) is 0 Å². The van der Waals surface area contributed by atoms with Crippen molar-refractivity contribution in [3.63, 3.8) is 0 Å². The highest BCUT2D eigenvalue weighted by atomic mass is 28.2. The lowest BCUT2D eigenvalue weighted by molar-refractivity contribution is -0.125. The van der Waals surface area contributed by atoms with Gasteiger partial charge in [-0.25, -0.2) is 0 Å². The molecule has 0 atom stereocenters. The number of carbonyl (C=O) groups excluding carboxylic acids is 1. The Morgan fingerprint density at radius 3 is 1.94 bits per heavy atom. The summed E-state index contributed by atoms with van der Waals surface area (Å²) in [6.07, 6.45) is 0.768. The maximum atomic E-state index is 12.4. The molecule has 0 amide bonds. The molecule has 0 aromatic carbocycles. The summed E-state index contributed by atoms with van der Waals surface area (Å²) in [4.78, 5) is 12.4. The Labute approximate surface area is 109 Å². The highest BCUT2D eigenvalue weighted by Gasteiger charge is 2.35. The highest BCUT2D eigenvalue weighted by molar-refractivity contribution is 6.25. The summed E-state index contributed by atoms with van der Waals surface area (Å²) in [5.41, 5.74) is 1.45. The normalized spacial score (nSPS) is 13.2. The van der Waals surface area contributed by atoms with E-state index in [1.807, 2.05) is 34.6 Å². The summed E-state index contributed by atoms with van der Waals surface area (Å²) < 4.78 is 5.83. The van der Waals surface area contributed by atoms with Gasteiger partial charge < -0.3 is 4.43 Å². The zero-order valence-corrected chi connectivity index (χ0v) is 14.1. The van der Waals surface area contributed by atoms with Crippen LogP contribution in [0.2, 0.25) is 6.55 Å². The van der Waals surface area contributed by atoms with E-state index in [1.165, 1.54) is 0 Å². The predicted molar refractivity (Wildman–Crippen MR) is 77.0 cm³/mol. The van der Waals surface area contributed by atoms with Crippen molar-refractivity contribution in [2.75, 3.05) is 0 Å². The molecule has 2 nitrogen and oxygen atoms in total. The molecule has 3 heteroatoms. The van der Waals surface area contributed by atoms with Crippen LogP contribution in [0.25, 0.3) is 0 Å². The minimum atomic E-state index is -0.442. The Balaban J connectivity index is 4.92. The van der Waals surface area contributed by atoms with Gasteiger partial charge in [0.25, 0.3) is 0 Å². The molecule has 0 N–H and O–H groups in total. The first-order valence-corrected chi connectivity index (χ1v) is 8.35. The summed E-state index contributed by atoms with van der Waals surface area (Å²) >= 11 is 0. The molecule has 0 rings (SSSR count). The summed E-state index contributed by atoms with van der Waals surface area (Å²) in [6.45, 7) is 16.2. The van der Waals surface area contributed by atoms with Gasteiger partial charge in [0, 0.05) is 5.41 Å². The number of rotatable bonds is 6. The molecule has 0 aliphatic rings. The monoisotopic (exact) mass is 256 g/mol. The zero-order chi connectivity index (χ0) is 13.9. The molecule has 0 spiro atoms. The second-order valence-electron chi connectivity index (χ2n) is 6.21. The van der Waals surface area contributed by atoms with Crippen molar-refractivity contribution in [1.29, 1.82) is 0 Å². The van der Waals surface area contributed by atoms with Gasteiger partial charge in [-0.05, 0) is 46.6 Å². The van der Waals surface area contributed by atoms with Crippen LogP contribution in [0.3, 0.4) is 0 Å². The van der Waals surface area contributed by atoms with Crippen molar-refractivity contribution < 1.29 is 9.22 Å². The largest absolute Gasteiger partial charge is 0.419 e. The third-order valence-corrected chi connectivity index (χ3v) is 4.18. The molecule has 0 aromatic heterocycles. The van der Waals surface area contributed by atoms with Gasteiger partial charge in [-0.15, -0.1) is 0 Å². The van der Waals surface area contributed by atoms with E-state index in [0.717, 1.165) is 17.6 Å². The summed E-state index contributed by atoms with van der Waals surface area (Å²) in [7, 11) is -0.442. The average molecular weight is 256 g/mol. The van der Waals surface area contributed by atoms with Gasteiger partial charge in [0.15, 0.2) is 15.5 Å². The van der Waals surface area contributed by atoms with Gasteiger partial charge in [-0.3, -0.25) is 4.79 Å². The van der Waals surface area contributed by atoms with Crippen molar-refractivity contribution in [3.05, 3.63) is 11.1 Å². The Morgan fingerprint density at radius 2 is 1.59 bits per heavy atom. The number of carbonyl (C=O) groups is 1. The van der Waals surface area contributed by atoms with Crippen molar-refractivity contribution in [1.82, 2.24) is 0 Å². The van der Waals surface area contributed by atoms with Gasteiger partial charge in [-0.2, -0.15) is 0 Å². The van der Waals surface area contributed by atoms with Crippen LogP contribution in [0.1, 0.15) is 54.9 Å². The van der Waals surface area contributed by atoms with Crippen LogP contribution in [0.4, 0.5) is 0 Å². The Morgan fingerprint density at radius 1 is 1.12 bits per heavy atom. The first-order chi connectivity index (χ1) is 7.53. The fraction of sp³-hybridized carbons (Fsp3) is 0.786. The van der Waals surface area contributed by atoms with E-state index in [2.05, 4.69) is 20.4 Å². The lowest BCUT2D eigenvalue weighted by atomic mass is 9.76. The molecule has 0 fully saturated rings. The van der Waals surface area contributed by atoms with E-state index in [1.54, 1.807) is 0 Å². The van der Waals surface area contributed by atoms with E-state index in [9.17, 15) is 4.79 Å². The number of allylic oxidation sites excluding steroid dienone is 2. The molecule has 100 valence electrons. The van der Waals surface area contributed by atoms with Crippen LogP contribution in [-0.4, -0.2) is 21.1 Å². The smallest absolute Gasteiger partial charge is 0.164 e. The van der Waals surface area contributed by atoms with Gasteiger partial charge in [0.2, 0.25) is 0 Å². The predicted octanol–water partition coefficient (Wildman–Crippen LogP) is 3.26. The molecular formula is C14H28O2Si. The van der Waals surface area contributed by atoms with Crippen LogP contribution < -0.4 is 0 Å². The molecule has 0 aliphatic carbocycles. The van der Waals surface area contributed by atoms with E-state index in [4.69, 9.17) is 4.43 Å². The first-order valence-electron chi connectivity index (χ1n) is 6.36. The van der Waals surface area contributed by atoms with Crippen molar-refractivity contribution >= 4 is 15.5 Å². The fourth-order valence-electron chi connectivity index (χ4n) is 2.32. The molecule has 0 bridgehead atoms. The summed E-state index contributed by atoms with van der Waals surface area (Å²) in [5, 5.41) is 0. The number of ketones is 1. The lowest BCUT2D eigenvalue weighted by Gasteiger charge is -2.34. The van der Waals surface area contributed by atoms with Crippen LogP contribution in [0, 0.1) is 5.41 Å². The topological polar surface area (TPSA) is 26.3 Å². The second kappa shape index (κ2) is 5.96. The molecule has 0 aromatic rings. The molecule has 17 heavy (non-hydrogen) atoms. The number of hydrogen-bond acceptors (Lipinski definition) is 2. The average Bonchev–Trinajstić information content (AvgIpc) is 2.13. The molecular weight excluding hydrogens is 228 g/mol. The zero-order valence-electron chi connectivity index (χ0n) is 12.7. The molecule has 0 heterocycles. The van der Waals surface area contributed by atoms with E-state index >= 15 is 0 Å². The van der Waals surface area contributed by atoms with Crippen molar-refractivity contribution in [2.45, 2.75) is 67.0 Å². The Hall–Kier alpha value is -0.413. The molecule has 0 saturated carbocycles. The molecule has 0 unspecified atom stereocenters. The second-order valence-corrected chi connectivity index (χ2v) is 7.07. The van der Waals surface area contributed by atoms with Crippen LogP contribution in [0.5, 0.6) is 0 Å².